The van der Waals surface area contributed by atoms with Gasteiger partial charge in [0.05, 0.1) is 29.7 Å². The minimum absolute atomic E-state index is 0.387. The van der Waals surface area contributed by atoms with Crippen LogP contribution in [0.25, 0.3) is 0 Å². The van der Waals surface area contributed by atoms with Crippen LogP contribution in [-0.2, 0) is 7.05 Å². The fourth-order valence-electron chi connectivity index (χ4n) is 1.67. The first-order valence-electron chi connectivity index (χ1n) is 5.16. The zero-order valence-electron chi connectivity index (χ0n) is 9.96. The number of hydrogen-bond acceptors (Lipinski definition) is 6. The summed E-state index contributed by atoms with van der Waals surface area (Å²) in [6.07, 6.45) is 2.96. The number of methoxy groups -OCH3 is 1. The van der Waals surface area contributed by atoms with Gasteiger partial charge in [-0.25, -0.2) is 15.4 Å². The highest BCUT2D eigenvalue weighted by atomic mass is 35.5. The summed E-state index contributed by atoms with van der Waals surface area (Å²) in [5.41, 5.74) is 4.03. The predicted octanol–water partition coefficient (Wildman–Crippen LogP) is 0.425. The van der Waals surface area contributed by atoms with Crippen LogP contribution in [0.4, 0.5) is 0 Å². The Balaban J connectivity index is 2.45. The van der Waals surface area contributed by atoms with Crippen molar-refractivity contribution in [3.8, 4) is 5.88 Å². The van der Waals surface area contributed by atoms with Crippen LogP contribution in [0.3, 0.4) is 0 Å². The molecule has 8 heteroatoms. The van der Waals surface area contributed by atoms with Crippen LogP contribution in [0.15, 0.2) is 18.6 Å². The van der Waals surface area contributed by atoms with Gasteiger partial charge in [0.15, 0.2) is 0 Å². The van der Waals surface area contributed by atoms with Crippen LogP contribution in [-0.4, -0.2) is 26.9 Å². The second-order valence-corrected chi connectivity index (χ2v) is 3.99. The van der Waals surface area contributed by atoms with Gasteiger partial charge < -0.3 is 4.74 Å². The molecule has 2 heterocycles. The number of hydrazine groups is 1. The van der Waals surface area contributed by atoms with Crippen LogP contribution in [0, 0.1) is 0 Å². The Morgan fingerprint density at radius 3 is 2.83 bits per heavy atom. The van der Waals surface area contributed by atoms with Gasteiger partial charge in [-0.05, 0) is 0 Å². The topological polar surface area (TPSA) is 90.9 Å². The van der Waals surface area contributed by atoms with Gasteiger partial charge in [-0.1, -0.05) is 11.6 Å². The number of aryl methyl sites for hydroxylation is 1. The summed E-state index contributed by atoms with van der Waals surface area (Å²) in [7, 11) is 3.32. The molecule has 0 aliphatic rings. The third-order valence-electron chi connectivity index (χ3n) is 2.55. The summed E-state index contributed by atoms with van der Waals surface area (Å²) in [6, 6.07) is 1.30. The van der Waals surface area contributed by atoms with Gasteiger partial charge in [0.25, 0.3) is 0 Å². The average Bonchev–Trinajstić information content (AvgIpc) is 2.72. The number of hydrogen-bond donors (Lipinski definition) is 2. The Hall–Kier alpha value is -1.70. The molecule has 7 nitrogen and oxygen atoms in total. The Morgan fingerprint density at radius 1 is 1.50 bits per heavy atom. The second-order valence-electron chi connectivity index (χ2n) is 3.59. The first kappa shape index (κ1) is 12.7. The van der Waals surface area contributed by atoms with E-state index in [1.54, 1.807) is 24.0 Å². The molecular weight excluding hydrogens is 256 g/mol. The van der Waals surface area contributed by atoms with Gasteiger partial charge >= 0.3 is 0 Å². The number of rotatable bonds is 4. The van der Waals surface area contributed by atoms with E-state index in [1.807, 2.05) is 0 Å². The Bertz CT molecular complexity index is 523. The molecule has 0 saturated carbocycles. The molecule has 2 aromatic heterocycles. The molecule has 3 N–H and O–H groups in total. The van der Waals surface area contributed by atoms with Crippen LogP contribution >= 0.6 is 11.6 Å². The summed E-state index contributed by atoms with van der Waals surface area (Å²) in [5.74, 6) is 6.03. The lowest BCUT2D eigenvalue weighted by molar-refractivity contribution is 0.394. The van der Waals surface area contributed by atoms with E-state index in [1.165, 1.54) is 13.4 Å². The van der Waals surface area contributed by atoms with E-state index in [-0.39, 0.29) is 6.04 Å². The van der Waals surface area contributed by atoms with E-state index in [0.29, 0.717) is 16.6 Å². The lowest BCUT2D eigenvalue weighted by atomic mass is 10.1. The van der Waals surface area contributed by atoms with E-state index in [9.17, 15) is 0 Å². The number of ether oxygens (including phenoxy) is 1. The number of nitrogens with two attached hydrogens (primary N) is 1. The van der Waals surface area contributed by atoms with E-state index in [4.69, 9.17) is 22.2 Å². The third-order valence-corrected chi connectivity index (χ3v) is 2.84. The molecule has 0 aromatic carbocycles. The van der Waals surface area contributed by atoms with Crippen LogP contribution < -0.4 is 16.0 Å². The molecule has 2 rings (SSSR count). The quantitative estimate of drug-likeness (QED) is 0.617. The molecule has 0 bridgehead atoms. The van der Waals surface area contributed by atoms with Crippen molar-refractivity contribution >= 4 is 11.6 Å². The van der Waals surface area contributed by atoms with Gasteiger partial charge in [0.1, 0.15) is 12.4 Å². The minimum atomic E-state index is -0.387. The number of nitrogens with one attached hydrogen (secondary N) is 1. The molecule has 0 fully saturated rings. The van der Waals surface area contributed by atoms with Crippen LogP contribution in [0.2, 0.25) is 5.02 Å². The maximum Gasteiger partial charge on any atom is 0.216 e. The molecule has 1 unspecified atom stereocenters. The normalized spacial score (nSPS) is 12.4. The molecule has 0 radical (unpaired) electrons. The SMILES string of the molecule is COc1cc(C(NN)c2c(Cl)cnn2C)ncn1. The fourth-order valence-corrected chi connectivity index (χ4v) is 1.95. The zero-order valence-corrected chi connectivity index (χ0v) is 10.7. The van der Waals surface area contributed by atoms with Crippen molar-refractivity contribution in [2.24, 2.45) is 12.9 Å². The second kappa shape index (κ2) is 5.30. The van der Waals surface area contributed by atoms with Crippen molar-refractivity contribution in [2.75, 3.05) is 7.11 Å². The predicted molar refractivity (Wildman–Crippen MR) is 66.0 cm³/mol. The smallest absolute Gasteiger partial charge is 0.216 e. The Morgan fingerprint density at radius 2 is 2.28 bits per heavy atom. The summed E-state index contributed by atoms with van der Waals surface area (Å²) < 4.78 is 6.69. The summed E-state index contributed by atoms with van der Waals surface area (Å²) in [5, 5.41) is 4.58. The lowest BCUT2D eigenvalue weighted by Gasteiger charge is -2.16. The van der Waals surface area contributed by atoms with Crippen molar-refractivity contribution in [2.45, 2.75) is 6.04 Å². The van der Waals surface area contributed by atoms with Gasteiger partial charge in [-0.15, -0.1) is 0 Å². The number of nitrogens with zero attached hydrogens (tertiary/aromatic N) is 4. The number of halogens is 1. The van der Waals surface area contributed by atoms with E-state index in [2.05, 4.69) is 20.5 Å². The van der Waals surface area contributed by atoms with Crippen molar-refractivity contribution in [1.82, 2.24) is 25.2 Å². The Labute approximate surface area is 109 Å². The van der Waals surface area contributed by atoms with Crippen molar-refractivity contribution in [3.63, 3.8) is 0 Å². The maximum atomic E-state index is 6.09. The molecule has 0 aliphatic heterocycles. The molecule has 96 valence electrons. The van der Waals surface area contributed by atoms with Gasteiger partial charge in [0, 0.05) is 13.1 Å². The first-order chi connectivity index (χ1) is 8.67. The summed E-state index contributed by atoms with van der Waals surface area (Å²) in [4.78, 5) is 8.11. The molecule has 2 aromatic rings. The molecule has 0 saturated heterocycles. The van der Waals surface area contributed by atoms with Crippen molar-refractivity contribution < 1.29 is 4.74 Å². The minimum Gasteiger partial charge on any atom is -0.481 e. The molecule has 18 heavy (non-hydrogen) atoms. The molecule has 0 amide bonds. The fraction of sp³-hybridized carbons (Fsp3) is 0.300. The molecule has 0 spiro atoms. The van der Waals surface area contributed by atoms with Gasteiger partial charge in [-0.3, -0.25) is 10.5 Å². The highest BCUT2D eigenvalue weighted by Crippen LogP contribution is 2.26. The van der Waals surface area contributed by atoms with Crippen molar-refractivity contribution in [1.29, 1.82) is 0 Å². The maximum absolute atomic E-state index is 6.09. The standard InChI is InChI=1S/C10H13ClN6O/c1-17-10(6(11)4-15-17)9(16-12)7-3-8(18-2)14-5-13-7/h3-5,9,16H,12H2,1-2H3. The lowest BCUT2D eigenvalue weighted by Crippen LogP contribution is -2.31. The highest BCUT2D eigenvalue weighted by Gasteiger charge is 2.21. The monoisotopic (exact) mass is 268 g/mol. The van der Waals surface area contributed by atoms with E-state index >= 15 is 0 Å². The van der Waals surface area contributed by atoms with E-state index < -0.39 is 0 Å². The Kier molecular flexibility index (Phi) is 3.75. The average molecular weight is 269 g/mol. The van der Waals surface area contributed by atoms with Gasteiger partial charge in [0.2, 0.25) is 5.88 Å². The zero-order chi connectivity index (χ0) is 13.1. The number of aromatic nitrogens is 4. The first-order valence-corrected chi connectivity index (χ1v) is 5.54. The third kappa shape index (κ3) is 2.28. The molecule has 0 aliphatic carbocycles. The summed E-state index contributed by atoms with van der Waals surface area (Å²) in [6.45, 7) is 0. The molecule has 1 atom stereocenters. The van der Waals surface area contributed by atoms with Gasteiger partial charge in [-0.2, -0.15) is 5.10 Å². The summed E-state index contributed by atoms with van der Waals surface area (Å²) >= 11 is 6.09. The molecular formula is C10H13ClN6O. The van der Waals surface area contributed by atoms with Crippen LogP contribution in [0.5, 0.6) is 5.88 Å². The largest absolute Gasteiger partial charge is 0.481 e. The van der Waals surface area contributed by atoms with E-state index in [0.717, 1.165) is 5.69 Å². The van der Waals surface area contributed by atoms with Crippen LogP contribution in [0.1, 0.15) is 17.4 Å². The van der Waals surface area contributed by atoms with Crippen molar-refractivity contribution in [3.05, 3.63) is 35.0 Å². The highest BCUT2D eigenvalue weighted by molar-refractivity contribution is 6.31.